The number of rotatable bonds is 10. The van der Waals surface area contributed by atoms with E-state index in [1.807, 2.05) is 30.3 Å². The SMILES string of the molecule is C=CCN(CC=C)C(=O)C(=O)Nc1cc(NCCNC(C)=O)nc(-c2ccccc2)n1. The Balaban J connectivity index is 2.23. The van der Waals surface area contributed by atoms with Crippen LogP contribution in [-0.2, 0) is 14.4 Å². The first kappa shape index (κ1) is 23.3. The second kappa shape index (κ2) is 11.9. The topological polar surface area (TPSA) is 116 Å². The minimum Gasteiger partial charge on any atom is -0.368 e. The summed E-state index contributed by atoms with van der Waals surface area (Å²) < 4.78 is 0. The lowest BCUT2D eigenvalue weighted by molar-refractivity contribution is -0.142. The molecule has 0 fully saturated rings. The maximum atomic E-state index is 12.5. The highest BCUT2D eigenvalue weighted by molar-refractivity contribution is 6.39. The molecule has 0 saturated heterocycles. The highest BCUT2D eigenvalue weighted by Crippen LogP contribution is 2.20. The van der Waals surface area contributed by atoms with Crippen molar-refractivity contribution in [1.29, 1.82) is 0 Å². The first-order valence-corrected chi connectivity index (χ1v) is 9.69. The van der Waals surface area contributed by atoms with Crippen LogP contribution in [0.4, 0.5) is 11.6 Å². The molecule has 1 heterocycles. The molecule has 0 atom stereocenters. The average Bonchev–Trinajstić information content (AvgIpc) is 2.76. The first-order valence-electron chi connectivity index (χ1n) is 9.69. The quantitative estimate of drug-likeness (QED) is 0.306. The second-order valence-corrected chi connectivity index (χ2v) is 6.48. The maximum absolute atomic E-state index is 12.5. The van der Waals surface area contributed by atoms with E-state index in [1.54, 1.807) is 0 Å². The van der Waals surface area contributed by atoms with Crippen molar-refractivity contribution in [2.75, 3.05) is 36.8 Å². The summed E-state index contributed by atoms with van der Waals surface area (Å²) in [5.41, 5.74) is 0.745. The summed E-state index contributed by atoms with van der Waals surface area (Å²) in [6.45, 7) is 9.88. The highest BCUT2D eigenvalue weighted by atomic mass is 16.2. The van der Waals surface area contributed by atoms with E-state index in [0.717, 1.165) is 5.56 Å². The molecule has 3 amide bonds. The van der Waals surface area contributed by atoms with Gasteiger partial charge in [0.1, 0.15) is 11.6 Å². The predicted molar refractivity (Wildman–Crippen MR) is 120 cm³/mol. The molecule has 0 aliphatic heterocycles. The molecule has 0 radical (unpaired) electrons. The number of nitrogens with zero attached hydrogens (tertiary/aromatic N) is 3. The molecule has 9 heteroatoms. The smallest absolute Gasteiger partial charge is 0.315 e. The number of carbonyl (C=O) groups excluding carboxylic acids is 3. The molecule has 1 aromatic carbocycles. The molecule has 0 aliphatic carbocycles. The Morgan fingerprint density at radius 2 is 1.65 bits per heavy atom. The van der Waals surface area contributed by atoms with E-state index in [2.05, 4.69) is 39.1 Å². The summed E-state index contributed by atoms with van der Waals surface area (Å²) in [6, 6.07) is 10.8. The minimum atomic E-state index is -0.828. The van der Waals surface area contributed by atoms with Crippen molar-refractivity contribution in [3.63, 3.8) is 0 Å². The fraction of sp³-hybridized carbons (Fsp3) is 0.227. The van der Waals surface area contributed by atoms with Crippen molar-refractivity contribution in [2.24, 2.45) is 0 Å². The number of benzene rings is 1. The Bertz CT molecular complexity index is 936. The van der Waals surface area contributed by atoms with Crippen LogP contribution in [0.5, 0.6) is 0 Å². The van der Waals surface area contributed by atoms with E-state index in [4.69, 9.17) is 0 Å². The Labute approximate surface area is 181 Å². The molecule has 9 nitrogen and oxygen atoms in total. The Hall–Kier alpha value is -4.01. The third-order valence-electron chi connectivity index (χ3n) is 3.99. The minimum absolute atomic E-state index is 0.135. The van der Waals surface area contributed by atoms with Crippen molar-refractivity contribution in [2.45, 2.75) is 6.92 Å². The summed E-state index contributed by atoms with van der Waals surface area (Å²) in [6.07, 6.45) is 3.06. The van der Waals surface area contributed by atoms with Crippen LogP contribution in [0.2, 0.25) is 0 Å². The van der Waals surface area contributed by atoms with Crippen LogP contribution in [0.15, 0.2) is 61.7 Å². The third kappa shape index (κ3) is 7.39. The van der Waals surface area contributed by atoms with Gasteiger partial charge in [-0.15, -0.1) is 13.2 Å². The van der Waals surface area contributed by atoms with Crippen molar-refractivity contribution in [1.82, 2.24) is 20.2 Å². The summed E-state index contributed by atoms with van der Waals surface area (Å²) in [7, 11) is 0. The number of amides is 3. The molecule has 0 aliphatic rings. The molecule has 2 rings (SSSR count). The van der Waals surface area contributed by atoms with Gasteiger partial charge in [0.2, 0.25) is 5.91 Å². The normalized spacial score (nSPS) is 9.97. The van der Waals surface area contributed by atoms with Gasteiger partial charge in [-0.1, -0.05) is 42.5 Å². The lowest BCUT2D eigenvalue weighted by Gasteiger charge is -2.18. The number of aromatic nitrogens is 2. The van der Waals surface area contributed by atoms with Crippen LogP contribution in [-0.4, -0.2) is 58.8 Å². The van der Waals surface area contributed by atoms with Gasteiger partial charge in [-0.3, -0.25) is 14.4 Å². The summed E-state index contributed by atoms with van der Waals surface area (Å²) >= 11 is 0. The Kier molecular flexibility index (Phi) is 8.90. The van der Waals surface area contributed by atoms with E-state index >= 15 is 0 Å². The summed E-state index contributed by atoms with van der Waals surface area (Å²) in [4.78, 5) is 46.1. The van der Waals surface area contributed by atoms with Crippen LogP contribution in [0.3, 0.4) is 0 Å². The molecule has 3 N–H and O–H groups in total. The van der Waals surface area contributed by atoms with Crippen LogP contribution in [0, 0.1) is 0 Å². The van der Waals surface area contributed by atoms with E-state index < -0.39 is 11.8 Å². The molecular weight excluding hydrogens is 396 g/mol. The van der Waals surface area contributed by atoms with E-state index in [9.17, 15) is 14.4 Å². The Morgan fingerprint density at radius 3 is 2.26 bits per heavy atom. The van der Waals surface area contributed by atoms with Crippen molar-refractivity contribution >= 4 is 29.4 Å². The number of nitrogens with one attached hydrogen (secondary N) is 3. The summed E-state index contributed by atoms with van der Waals surface area (Å²) in [5.74, 6) is -0.695. The van der Waals surface area contributed by atoms with Gasteiger partial charge < -0.3 is 20.9 Å². The monoisotopic (exact) mass is 422 g/mol. The largest absolute Gasteiger partial charge is 0.368 e. The van der Waals surface area contributed by atoms with Crippen molar-refractivity contribution in [3.05, 3.63) is 61.7 Å². The zero-order valence-corrected chi connectivity index (χ0v) is 17.4. The van der Waals surface area contributed by atoms with E-state index in [0.29, 0.717) is 24.7 Å². The summed E-state index contributed by atoms with van der Waals surface area (Å²) in [5, 5.41) is 8.30. The second-order valence-electron chi connectivity index (χ2n) is 6.48. The van der Waals surface area contributed by atoms with Crippen LogP contribution >= 0.6 is 0 Å². The van der Waals surface area contributed by atoms with Gasteiger partial charge in [-0.25, -0.2) is 9.97 Å². The maximum Gasteiger partial charge on any atom is 0.315 e. The van der Waals surface area contributed by atoms with E-state index in [-0.39, 0.29) is 24.8 Å². The molecule has 2 aromatic rings. The fourth-order valence-corrected chi connectivity index (χ4v) is 2.61. The number of carbonyl (C=O) groups is 3. The number of anilines is 2. The molecule has 162 valence electrons. The van der Waals surface area contributed by atoms with Crippen molar-refractivity contribution < 1.29 is 14.4 Å². The van der Waals surface area contributed by atoms with Crippen LogP contribution in [0.1, 0.15) is 6.92 Å². The first-order chi connectivity index (χ1) is 14.9. The van der Waals surface area contributed by atoms with Gasteiger partial charge >= 0.3 is 11.8 Å². The molecule has 0 saturated carbocycles. The lowest BCUT2D eigenvalue weighted by atomic mass is 10.2. The zero-order chi connectivity index (χ0) is 22.6. The molecule has 31 heavy (non-hydrogen) atoms. The fourth-order valence-electron chi connectivity index (χ4n) is 2.61. The number of hydrogen-bond acceptors (Lipinski definition) is 6. The zero-order valence-electron chi connectivity index (χ0n) is 17.4. The van der Waals surface area contributed by atoms with Gasteiger partial charge in [-0.2, -0.15) is 0 Å². The average molecular weight is 422 g/mol. The van der Waals surface area contributed by atoms with Gasteiger partial charge in [0.15, 0.2) is 5.82 Å². The molecular formula is C22H26N6O3. The van der Waals surface area contributed by atoms with Crippen LogP contribution < -0.4 is 16.0 Å². The number of hydrogen-bond donors (Lipinski definition) is 3. The van der Waals surface area contributed by atoms with Gasteiger partial charge in [-0.05, 0) is 0 Å². The highest BCUT2D eigenvalue weighted by Gasteiger charge is 2.21. The molecule has 0 spiro atoms. The van der Waals surface area contributed by atoms with E-state index in [1.165, 1.54) is 30.0 Å². The lowest BCUT2D eigenvalue weighted by Crippen LogP contribution is -2.40. The molecule has 1 aromatic heterocycles. The third-order valence-corrected chi connectivity index (χ3v) is 3.99. The van der Waals surface area contributed by atoms with Gasteiger partial charge in [0, 0.05) is 44.7 Å². The predicted octanol–water partition coefficient (Wildman–Crippen LogP) is 1.83. The standard InChI is InChI=1S/C22H26N6O3/c1-4-13-28(14-5-2)22(31)21(30)27-19-15-18(24-12-11-23-16(3)29)25-20(26-19)17-9-7-6-8-10-17/h4-10,15H,1-2,11-14H2,3H3,(H,23,29)(H2,24,25,26,27,30). The van der Waals surface area contributed by atoms with Gasteiger partial charge in [0.05, 0.1) is 0 Å². The molecule has 0 unspecified atom stereocenters. The van der Waals surface area contributed by atoms with Gasteiger partial charge in [0.25, 0.3) is 0 Å². The molecule has 0 bridgehead atoms. The van der Waals surface area contributed by atoms with Crippen LogP contribution in [0.25, 0.3) is 11.4 Å². The Morgan fingerprint density at radius 1 is 1.00 bits per heavy atom. The van der Waals surface area contributed by atoms with Crippen molar-refractivity contribution in [3.8, 4) is 11.4 Å².